The van der Waals surface area contributed by atoms with Crippen molar-refractivity contribution in [2.45, 2.75) is 25.0 Å². The molecule has 2 aromatic carbocycles. The zero-order valence-electron chi connectivity index (χ0n) is 14.6. The zero-order valence-corrected chi connectivity index (χ0v) is 15.4. The Morgan fingerprint density at radius 3 is 2.69 bits per heavy atom. The Hall–Kier alpha value is -2.34. The van der Waals surface area contributed by atoms with E-state index in [2.05, 4.69) is 5.32 Å². The van der Waals surface area contributed by atoms with E-state index in [0.717, 1.165) is 28.9 Å². The lowest BCUT2D eigenvalue weighted by Gasteiger charge is -2.07. The molecule has 1 aliphatic rings. The van der Waals surface area contributed by atoms with Crippen molar-refractivity contribution in [2.75, 3.05) is 18.9 Å². The van der Waals surface area contributed by atoms with Crippen molar-refractivity contribution < 1.29 is 17.9 Å². The predicted octanol–water partition coefficient (Wildman–Crippen LogP) is 2.29. The van der Waals surface area contributed by atoms with Gasteiger partial charge in [0.15, 0.2) is 9.84 Å². The molecule has 2 aromatic rings. The van der Waals surface area contributed by atoms with Crippen molar-refractivity contribution in [1.29, 1.82) is 0 Å². The van der Waals surface area contributed by atoms with Crippen LogP contribution in [0.4, 0.5) is 0 Å². The van der Waals surface area contributed by atoms with Crippen molar-refractivity contribution >= 4 is 15.7 Å². The van der Waals surface area contributed by atoms with Crippen molar-refractivity contribution in [2.24, 2.45) is 0 Å². The predicted molar refractivity (Wildman–Crippen MR) is 101 cm³/mol. The van der Waals surface area contributed by atoms with E-state index < -0.39 is 9.84 Å². The number of benzene rings is 2. The number of carbonyl (C=O) groups excluding carboxylic acids is 1. The van der Waals surface area contributed by atoms with Gasteiger partial charge in [-0.1, -0.05) is 42.5 Å². The van der Waals surface area contributed by atoms with Crippen LogP contribution in [0.3, 0.4) is 0 Å². The van der Waals surface area contributed by atoms with Gasteiger partial charge in [-0.25, -0.2) is 8.42 Å². The summed E-state index contributed by atoms with van der Waals surface area (Å²) in [6.07, 6.45) is 1.59. The third kappa shape index (κ3) is 5.33. The SMILES string of the molecule is O=C(Cc1ccc2c(c1)CCO2)NCCCS(=O)(=O)Cc1ccccc1. The maximum Gasteiger partial charge on any atom is 0.224 e. The molecule has 0 aliphatic carbocycles. The summed E-state index contributed by atoms with van der Waals surface area (Å²) in [5.41, 5.74) is 2.88. The number of nitrogens with one attached hydrogen (secondary N) is 1. The molecule has 6 heteroatoms. The van der Waals surface area contributed by atoms with Crippen LogP contribution in [0, 0.1) is 0 Å². The van der Waals surface area contributed by atoms with E-state index in [0.29, 0.717) is 26.0 Å². The highest BCUT2D eigenvalue weighted by Gasteiger charge is 2.14. The topological polar surface area (TPSA) is 72.5 Å². The largest absolute Gasteiger partial charge is 0.493 e. The average molecular weight is 373 g/mol. The highest BCUT2D eigenvalue weighted by atomic mass is 32.2. The Balaban J connectivity index is 1.40. The van der Waals surface area contributed by atoms with Crippen LogP contribution in [-0.2, 0) is 33.2 Å². The van der Waals surface area contributed by atoms with Gasteiger partial charge in [0.1, 0.15) is 5.75 Å². The number of sulfone groups is 1. The highest BCUT2D eigenvalue weighted by molar-refractivity contribution is 7.90. The summed E-state index contributed by atoms with van der Waals surface area (Å²) in [5, 5.41) is 2.80. The van der Waals surface area contributed by atoms with E-state index in [4.69, 9.17) is 4.74 Å². The first kappa shape index (κ1) is 18.5. The van der Waals surface area contributed by atoms with Crippen molar-refractivity contribution in [3.05, 3.63) is 65.2 Å². The molecule has 0 saturated heterocycles. The molecular weight excluding hydrogens is 350 g/mol. The summed E-state index contributed by atoms with van der Waals surface area (Å²) in [6.45, 7) is 1.06. The molecule has 26 heavy (non-hydrogen) atoms. The number of hydrogen-bond donors (Lipinski definition) is 1. The summed E-state index contributed by atoms with van der Waals surface area (Å²) in [7, 11) is -3.16. The smallest absolute Gasteiger partial charge is 0.224 e. The van der Waals surface area contributed by atoms with E-state index in [-0.39, 0.29) is 17.4 Å². The lowest BCUT2D eigenvalue weighted by Crippen LogP contribution is -2.27. The van der Waals surface area contributed by atoms with Gasteiger partial charge in [-0.2, -0.15) is 0 Å². The monoisotopic (exact) mass is 373 g/mol. The Morgan fingerprint density at radius 2 is 1.88 bits per heavy atom. The molecule has 1 heterocycles. The van der Waals surface area contributed by atoms with Gasteiger partial charge in [-0.05, 0) is 29.2 Å². The second-order valence-corrected chi connectivity index (χ2v) is 8.68. The van der Waals surface area contributed by atoms with Gasteiger partial charge in [-0.15, -0.1) is 0 Å². The molecule has 0 saturated carbocycles. The Kier molecular flexibility index (Phi) is 5.93. The van der Waals surface area contributed by atoms with Crippen LogP contribution in [-0.4, -0.2) is 33.2 Å². The molecule has 0 unspecified atom stereocenters. The van der Waals surface area contributed by atoms with Crippen LogP contribution < -0.4 is 10.1 Å². The van der Waals surface area contributed by atoms with E-state index in [9.17, 15) is 13.2 Å². The first-order chi connectivity index (χ1) is 12.5. The average Bonchev–Trinajstić information content (AvgIpc) is 3.07. The van der Waals surface area contributed by atoms with E-state index in [1.165, 1.54) is 0 Å². The highest BCUT2D eigenvalue weighted by Crippen LogP contribution is 2.25. The fraction of sp³-hybridized carbons (Fsp3) is 0.350. The van der Waals surface area contributed by atoms with Gasteiger partial charge in [-0.3, -0.25) is 4.79 Å². The number of amides is 1. The lowest BCUT2D eigenvalue weighted by atomic mass is 10.1. The quantitative estimate of drug-likeness (QED) is 0.721. The summed E-state index contributed by atoms with van der Waals surface area (Å²) in [5.74, 6) is 0.916. The van der Waals surface area contributed by atoms with Gasteiger partial charge in [0.25, 0.3) is 0 Å². The maximum absolute atomic E-state index is 12.1. The first-order valence-corrected chi connectivity index (χ1v) is 10.6. The normalized spacial score (nSPS) is 13.1. The lowest BCUT2D eigenvalue weighted by molar-refractivity contribution is -0.120. The minimum Gasteiger partial charge on any atom is -0.493 e. The summed E-state index contributed by atoms with van der Waals surface area (Å²) < 4.78 is 29.7. The zero-order chi connectivity index (χ0) is 18.4. The van der Waals surface area contributed by atoms with Gasteiger partial charge < -0.3 is 10.1 Å². The van der Waals surface area contributed by atoms with E-state index >= 15 is 0 Å². The van der Waals surface area contributed by atoms with Gasteiger partial charge in [0.05, 0.1) is 24.5 Å². The van der Waals surface area contributed by atoms with E-state index in [1.807, 2.05) is 36.4 Å². The summed E-state index contributed by atoms with van der Waals surface area (Å²) in [6, 6.07) is 14.9. The molecule has 0 aromatic heterocycles. The van der Waals surface area contributed by atoms with Crippen LogP contribution in [0.1, 0.15) is 23.1 Å². The molecule has 0 radical (unpaired) electrons. The molecule has 0 fully saturated rings. The Morgan fingerprint density at radius 1 is 1.08 bits per heavy atom. The second kappa shape index (κ2) is 8.36. The van der Waals surface area contributed by atoms with Crippen molar-refractivity contribution in [3.8, 4) is 5.75 Å². The fourth-order valence-electron chi connectivity index (χ4n) is 3.02. The van der Waals surface area contributed by atoms with Crippen LogP contribution >= 0.6 is 0 Å². The molecule has 1 N–H and O–H groups in total. The summed E-state index contributed by atoms with van der Waals surface area (Å²) in [4.78, 5) is 12.0. The third-order valence-electron chi connectivity index (χ3n) is 4.30. The van der Waals surface area contributed by atoms with Gasteiger partial charge in [0.2, 0.25) is 5.91 Å². The molecular formula is C20H23NO4S. The molecule has 5 nitrogen and oxygen atoms in total. The van der Waals surface area contributed by atoms with Crippen LogP contribution in [0.25, 0.3) is 0 Å². The van der Waals surface area contributed by atoms with Crippen LogP contribution in [0.2, 0.25) is 0 Å². The molecule has 0 bridgehead atoms. The van der Waals surface area contributed by atoms with Crippen molar-refractivity contribution in [1.82, 2.24) is 5.32 Å². The van der Waals surface area contributed by atoms with Gasteiger partial charge >= 0.3 is 0 Å². The van der Waals surface area contributed by atoms with Crippen LogP contribution in [0.15, 0.2) is 48.5 Å². The van der Waals surface area contributed by atoms with E-state index in [1.54, 1.807) is 12.1 Å². The van der Waals surface area contributed by atoms with Crippen molar-refractivity contribution in [3.63, 3.8) is 0 Å². The number of fused-ring (bicyclic) bond motifs is 1. The molecule has 3 rings (SSSR count). The minimum absolute atomic E-state index is 0.0407. The number of hydrogen-bond acceptors (Lipinski definition) is 4. The summed E-state index contributed by atoms with van der Waals surface area (Å²) >= 11 is 0. The number of rotatable bonds is 8. The molecule has 138 valence electrons. The minimum atomic E-state index is -3.16. The first-order valence-electron chi connectivity index (χ1n) is 8.77. The Labute approximate surface area is 154 Å². The Bertz CT molecular complexity index is 863. The van der Waals surface area contributed by atoms with Gasteiger partial charge in [0, 0.05) is 13.0 Å². The second-order valence-electron chi connectivity index (χ2n) is 6.50. The number of ether oxygens (including phenoxy) is 1. The standard InChI is InChI=1S/C20H23NO4S/c22-20(14-17-7-8-19-18(13-17)9-11-25-19)21-10-4-12-26(23,24)15-16-5-2-1-3-6-16/h1-3,5-8,13H,4,9-12,14-15H2,(H,21,22). The number of carbonyl (C=O) groups is 1. The molecule has 1 aliphatic heterocycles. The molecule has 1 amide bonds. The third-order valence-corrected chi connectivity index (χ3v) is 5.99. The fourth-order valence-corrected chi connectivity index (χ4v) is 4.45. The molecule has 0 atom stereocenters. The molecule has 0 spiro atoms. The van der Waals surface area contributed by atoms with Crippen LogP contribution in [0.5, 0.6) is 5.75 Å². The maximum atomic E-state index is 12.1.